The summed E-state index contributed by atoms with van der Waals surface area (Å²) in [6.45, 7) is 10.9. The molecule has 0 unspecified atom stereocenters. The Labute approximate surface area is 144 Å². The molecule has 0 aromatic heterocycles. The first-order valence-corrected chi connectivity index (χ1v) is 9.84. The molecule has 2 aliphatic rings. The van der Waals surface area contributed by atoms with Gasteiger partial charge in [0.25, 0.3) is 5.24 Å². The van der Waals surface area contributed by atoms with Crippen molar-refractivity contribution in [3.63, 3.8) is 0 Å². The van der Waals surface area contributed by atoms with Crippen molar-refractivity contribution in [1.29, 1.82) is 0 Å². The molecule has 0 aromatic carbocycles. The van der Waals surface area contributed by atoms with E-state index in [2.05, 4.69) is 31.0 Å². The van der Waals surface area contributed by atoms with Crippen LogP contribution >= 0.6 is 11.8 Å². The zero-order chi connectivity index (χ0) is 16.9. The van der Waals surface area contributed by atoms with Gasteiger partial charge in [-0.3, -0.25) is 14.5 Å². The molecule has 0 spiro atoms. The quantitative estimate of drug-likeness (QED) is 0.773. The summed E-state index contributed by atoms with van der Waals surface area (Å²) in [7, 11) is 0. The highest BCUT2D eigenvalue weighted by molar-refractivity contribution is 8.13. The van der Waals surface area contributed by atoms with Crippen LogP contribution in [0.4, 0.5) is 4.79 Å². The van der Waals surface area contributed by atoms with Crippen LogP contribution in [-0.2, 0) is 4.79 Å². The smallest absolute Gasteiger partial charge is 0.281 e. The second-order valence-electron chi connectivity index (χ2n) is 7.30. The lowest BCUT2D eigenvalue weighted by atomic mass is 9.91. The number of rotatable bonds is 7. The molecule has 5 nitrogen and oxygen atoms in total. The van der Waals surface area contributed by atoms with E-state index in [1.54, 1.807) is 4.90 Å². The number of piperidine rings is 1. The van der Waals surface area contributed by atoms with E-state index in [0.717, 1.165) is 31.3 Å². The summed E-state index contributed by atoms with van der Waals surface area (Å²) < 4.78 is 0. The van der Waals surface area contributed by atoms with Gasteiger partial charge in [0.2, 0.25) is 5.91 Å². The lowest BCUT2D eigenvalue weighted by molar-refractivity contribution is -0.121. The predicted octanol–water partition coefficient (Wildman–Crippen LogP) is 2.56. The van der Waals surface area contributed by atoms with Crippen molar-refractivity contribution in [2.75, 3.05) is 38.5 Å². The van der Waals surface area contributed by atoms with Crippen LogP contribution in [-0.4, -0.2) is 65.0 Å². The minimum Gasteiger partial charge on any atom is -0.354 e. The van der Waals surface area contributed by atoms with Gasteiger partial charge in [-0.2, -0.15) is 0 Å². The third-order valence-electron chi connectivity index (χ3n) is 5.12. The molecule has 23 heavy (non-hydrogen) atoms. The van der Waals surface area contributed by atoms with Crippen LogP contribution in [0.15, 0.2) is 0 Å². The molecule has 2 rings (SSSR count). The van der Waals surface area contributed by atoms with E-state index >= 15 is 0 Å². The Morgan fingerprint density at radius 2 is 2.17 bits per heavy atom. The van der Waals surface area contributed by atoms with Crippen molar-refractivity contribution in [3.05, 3.63) is 0 Å². The molecule has 2 fully saturated rings. The van der Waals surface area contributed by atoms with Crippen LogP contribution in [0.2, 0.25) is 0 Å². The molecule has 0 radical (unpaired) electrons. The van der Waals surface area contributed by atoms with Gasteiger partial charge in [-0.1, -0.05) is 25.1 Å². The minimum absolute atomic E-state index is 0.0111. The van der Waals surface area contributed by atoms with Gasteiger partial charge >= 0.3 is 0 Å². The zero-order valence-corrected chi connectivity index (χ0v) is 15.6. The summed E-state index contributed by atoms with van der Waals surface area (Å²) in [5, 5.41) is 3.17. The Morgan fingerprint density at radius 3 is 2.83 bits per heavy atom. The normalized spacial score (nSPS) is 23.3. The molecular weight excluding hydrogens is 310 g/mol. The number of carbonyl (C=O) groups is 2. The number of thioether (sulfide) groups is 1. The first-order valence-electron chi connectivity index (χ1n) is 8.86. The van der Waals surface area contributed by atoms with Gasteiger partial charge in [-0.25, -0.2) is 0 Å². The van der Waals surface area contributed by atoms with Gasteiger partial charge in [0.15, 0.2) is 0 Å². The molecule has 6 heteroatoms. The number of hydrogen-bond donors (Lipinski definition) is 1. The van der Waals surface area contributed by atoms with Crippen molar-refractivity contribution in [2.45, 2.75) is 52.0 Å². The maximum Gasteiger partial charge on any atom is 0.281 e. The van der Waals surface area contributed by atoms with Crippen molar-refractivity contribution in [2.24, 2.45) is 5.92 Å². The molecule has 2 heterocycles. The highest BCUT2D eigenvalue weighted by Crippen LogP contribution is 2.25. The van der Waals surface area contributed by atoms with E-state index < -0.39 is 0 Å². The maximum atomic E-state index is 12.1. The average Bonchev–Trinajstić information content (AvgIpc) is 2.96. The van der Waals surface area contributed by atoms with E-state index in [4.69, 9.17) is 0 Å². The van der Waals surface area contributed by atoms with Gasteiger partial charge in [0.05, 0.1) is 0 Å². The SMILES string of the molecule is CC[C@H]1CCCN(C(C)(C)CNC(=O)CCN2CCSC2=O)C1. The molecule has 2 saturated heterocycles. The van der Waals surface area contributed by atoms with E-state index in [1.807, 2.05) is 0 Å². The van der Waals surface area contributed by atoms with Gasteiger partial charge in [-0.05, 0) is 39.2 Å². The first-order chi connectivity index (χ1) is 10.9. The predicted molar refractivity (Wildman–Crippen MR) is 95.7 cm³/mol. The van der Waals surface area contributed by atoms with Crippen LogP contribution < -0.4 is 5.32 Å². The Kier molecular flexibility index (Phi) is 6.77. The highest BCUT2D eigenvalue weighted by atomic mass is 32.2. The van der Waals surface area contributed by atoms with Crippen molar-refractivity contribution >= 4 is 22.9 Å². The molecule has 2 aliphatic heterocycles. The highest BCUT2D eigenvalue weighted by Gasteiger charge is 2.31. The van der Waals surface area contributed by atoms with Crippen LogP contribution in [0.25, 0.3) is 0 Å². The van der Waals surface area contributed by atoms with Gasteiger partial charge in [0, 0.05) is 43.9 Å². The molecule has 0 bridgehead atoms. The molecule has 0 aromatic rings. The standard InChI is InChI=1S/C17H31N3O2S/c1-4-14-6-5-8-20(12-14)17(2,3)13-18-15(21)7-9-19-10-11-23-16(19)22/h14H,4-13H2,1-3H3,(H,18,21)/t14-/m0/s1. The number of amides is 2. The summed E-state index contributed by atoms with van der Waals surface area (Å²) in [6.07, 6.45) is 4.22. The largest absolute Gasteiger partial charge is 0.354 e. The van der Waals surface area contributed by atoms with Crippen LogP contribution in [0.1, 0.15) is 46.5 Å². The number of likely N-dealkylation sites (tertiary alicyclic amines) is 1. The van der Waals surface area contributed by atoms with Gasteiger partial charge < -0.3 is 10.2 Å². The Bertz CT molecular complexity index is 428. The monoisotopic (exact) mass is 341 g/mol. The molecule has 1 atom stereocenters. The van der Waals surface area contributed by atoms with E-state index in [0.29, 0.717) is 19.5 Å². The molecule has 132 valence electrons. The lowest BCUT2D eigenvalue weighted by Gasteiger charge is -2.43. The Balaban J connectivity index is 1.72. The average molecular weight is 342 g/mol. The summed E-state index contributed by atoms with van der Waals surface area (Å²) in [5.41, 5.74) is -0.0111. The number of nitrogens with zero attached hydrogens (tertiary/aromatic N) is 2. The summed E-state index contributed by atoms with van der Waals surface area (Å²) in [6, 6.07) is 0. The van der Waals surface area contributed by atoms with Crippen molar-refractivity contribution < 1.29 is 9.59 Å². The van der Waals surface area contributed by atoms with E-state index in [-0.39, 0.29) is 16.7 Å². The number of hydrogen-bond acceptors (Lipinski definition) is 4. The second kappa shape index (κ2) is 8.38. The second-order valence-corrected chi connectivity index (χ2v) is 8.35. The zero-order valence-electron chi connectivity index (χ0n) is 14.8. The third kappa shape index (κ3) is 5.38. The maximum absolute atomic E-state index is 12.1. The molecule has 0 aliphatic carbocycles. The van der Waals surface area contributed by atoms with Gasteiger partial charge in [0.1, 0.15) is 0 Å². The van der Waals surface area contributed by atoms with Crippen LogP contribution in [0.5, 0.6) is 0 Å². The van der Waals surface area contributed by atoms with Crippen LogP contribution in [0.3, 0.4) is 0 Å². The molecule has 2 amide bonds. The fourth-order valence-corrected chi connectivity index (χ4v) is 4.18. The first kappa shape index (κ1) is 18.6. The van der Waals surface area contributed by atoms with Gasteiger partial charge in [-0.15, -0.1) is 0 Å². The van der Waals surface area contributed by atoms with Crippen LogP contribution in [0, 0.1) is 5.92 Å². The van der Waals surface area contributed by atoms with E-state index in [1.165, 1.54) is 31.0 Å². The Hall–Kier alpha value is -0.750. The molecular formula is C17H31N3O2S. The number of carbonyl (C=O) groups excluding carboxylic acids is 2. The number of nitrogens with one attached hydrogen (secondary N) is 1. The fourth-order valence-electron chi connectivity index (χ4n) is 3.33. The fraction of sp³-hybridized carbons (Fsp3) is 0.882. The summed E-state index contributed by atoms with van der Waals surface area (Å²) in [4.78, 5) is 27.9. The lowest BCUT2D eigenvalue weighted by Crippen LogP contribution is -2.55. The van der Waals surface area contributed by atoms with Crippen molar-refractivity contribution in [1.82, 2.24) is 15.1 Å². The summed E-state index contributed by atoms with van der Waals surface area (Å²) >= 11 is 1.34. The molecule has 1 N–H and O–H groups in total. The molecule has 0 saturated carbocycles. The Morgan fingerprint density at radius 1 is 1.39 bits per heavy atom. The topological polar surface area (TPSA) is 52.7 Å². The van der Waals surface area contributed by atoms with E-state index in [9.17, 15) is 9.59 Å². The van der Waals surface area contributed by atoms with Crippen molar-refractivity contribution in [3.8, 4) is 0 Å². The third-order valence-corrected chi connectivity index (χ3v) is 6.02. The summed E-state index contributed by atoms with van der Waals surface area (Å²) in [5.74, 6) is 1.69. The minimum atomic E-state index is -0.0111.